The van der Waals surface area contributed by atoms with Gasteiger partial charge in [-0.15, -0.1) is 0 Å². The van der Waals surface area contributed by atoms with Gasteiger partial charge in [-0.2, -0.15) is 9.98 Å². The molecule has 0 heterocycles. The first-order chi connectivity index (χ1) is 6.27. The quantitative estimate of drug-likeness (QED) is 0.566. The van der Waals surface area contributed by atoms with E-state index in [9.17, 15) is 0 Å². The average molecular weight is 227 g/mol. The molecule has 0 aromatic heterocycles. The van der Waals surface area contributed by atoms with Crippen LogP contribution >= 0.6 is 36.0 Å². The largest absolute Gasteiger partial charge is 0.195 e. The third-order valence-corrected chi connectivity index (χ3v) is 1.76. The molecule has 0 N–H and O–H groups in total. The van der Waals surface area contributed by atoms with Crippen LogP contribution in [0.15, 0.2) is 28.2 Å². The number of nitrogens with zero attached hydrogens (tertiary/aromatic N) is 2. The summed E-state index contributed by atoms with van der Waals surface area (Å²) in [5.41, 5.74) is 1.21. The predicted molar refractivity (Wildman–Crippen MR) is 60.8 cm³/mol. The van der Waals surface area contributed by atoms with E-state index in [-0.39, 0.29) is 0 Å². The molecule has 0 saturated heterocycles. The molecule has 0 fully saturated rings. The highest BCUT2D eigenvalue weighted by Gasteiger charge is 1.98. The normalized spacial score (nSPS) is 8.38. The second-order valence-electron chi connectivity index (χ2n) is 2.04. The minimum absolute atomic E-state index is 0.462. The Morgan fingerprint density at radius 3 is 2.38 bits per heavy atom. The molecule has 0 spiro atoms. The maximum atomic E-state index is 5.84. The molecule has 0 unspecified atom stereocenters. The lowest BCUT2D eigenvalue weighted by atomic mass is 10.3. The molecule has 0 bridgehead atoms. The standard InChI is InChI=1S/C8H3ClN2S2/c9-7-3-6(10-4-12)1-2-8(7)11-5-13/h1-3H. The van der Waals surface area contributed by atoms with Crippen molar-refractivity contribution in [1.82, 2.24) is 0 Å². The summed E-state index contributed by atoms with van der Waals surface area (Å²) in [6, 6.07) is 5.04. The van der Waals surface area contributed by atoms with Crippen LogP contribution in [0.5, 0.6) is 0 Å². The van der Waals surface area contributed by atoms with Crippen molar-refractivity contribution in [2.75, 3.05) is 0 Å². The molecule has 0 saturated carbocycles. The van der Waals surface area contributed by atoms with E-state index < -0.39 is 0 Å². The van der Waals surface area contributed by atoms with Gasteiger partial charge in [0.15, 0.2) is 0 Å². The van der Waals surface area contributed by atoms with Gasteiger partial charge in [0.2, 0.25) is 0 Å². The van der Waals surface area contributed by atoms with Gasteiger partial charge in [-0.05, 0) is 42.6 Å². The number of isothiocyanates is 2. The highest BCUT2D eigenvalue weighted by Crippen LogP contribution is 2.28. The number of halogens is 1. The summed E-state index contributed by atoms with van der Waals surface area (Å²) >= 11 is 14.7. The van der Waals surface area contributed by atoms with Gasteiger partial charge in [0.1, 0.15) is 0 Å². The van der Waals surface area contributed by atoms with Gasteiger partial charge in [0.25, 0.3) is 0 Å². The second kappa shape index (κ2) is 4.97. The fourth-order valence-corrected chi connectivity index (χ4v) is 1.18. The van der Waals surface area contributed by atoms with Crippen LogP contribution in [0.25, 0.3) is 0 Å². The molecule has 0 radical (unpaired) electrons. The Balaban J connectivity index is 3.19. The first-order valence-corrected chi connectivity index (χ1v) is 4.42. The Morgan fingerprint density at radius 1 is 1.15 bits per heavy atom. The minimum Gasteiger partial charge on any atom is -0.195 e. The van der Waals surface area contributed by atoms with Crippen LogP contribution in [0.2, 0.25) is 5.02 Å². The number of benzene rings is 1. The van der Waals surface area contributed by atoms with Crippen LogP contribution in [0.4, 0.5) is 11.4 Å². The van der Waals surface area contributed by atoms with Gasteiger partial charge in [-0.25, -0.2) is 0 Å². The summed E-state index contributed by atoms with van der Waals surface area (Å²) < 4.78 is 0. The van der Waals surface area contributed by atoms with E-state index in [2.05, 4.69) is 44.7 Å². The van der Waals surface area contributed by atoms with Crippen LogP contribution in [-0.4, -0.2) is 10.3 Å². The van der Waals surface area contributed by atoms with Crippen LogP contribution in [0.1, 0.15) is 0 Å². The zero-order valence-electron chi connectivity index (χ0n) is 6.32. The predicted octanol–water partition coefficient (Wildman–Crippen LogP) is 3.81. The molecule has 64 valence electrons. The number of rotatable bonds is 2. The maximum absolute atomic E-state index is 5.84. The van der Waals surface area contributed by atoms with Gasteiger partial charge in [0.05, 0.1) is 26.7 Å². The average Bonchev–Trinajstić information content (AvgIpc) is 2.10. The molecule has 0 amide bonds. The summed E-state index contributed by atoms with van der Waals surface area (Å²) in [6.45, 7) is 0. The lowest BCUT2D eigenvalue weighted by Crippen LogP contribution is -1.68. The molecule has 0 aliphatic rings. The smallest absolute Gasteiger partial charge is 0.0927 e. The van der Waals surface area contributed by atoms with E-state index in [0.29, 0.717) is 16.4 Å². The lowest BCUT2D eigenvalue weighted by Gasteiger charge is -1.95. The second-order valence-corrected chi connectivity index (χ2v) is 2.81. The fraction of sp³-hybridized carbons (Fsp3) is 0. The van der Waals surface area contributed by atoms with E-state index in [4.69, 9.17) is 11.6 Å². The molecule has 0 aliphatic heterocycles. The number of hydrogen-bond acceptors (Lipinski definition) is 4. The van der Waals surface area contributed by atoms with Crippen molar-refractivity contribution in [2.24, 2.45) is 9.98 Å². The molecular weight excluding hydrogens is 224 g/mol. The Bertz CT molecular complexity index is 418. The SMILES string of the molecule is S=C=Nc1ccc(N=C=S)c(Cl)c1. The van der Waals surface area contributed by atoms with Crippen molar-refractivity contribution in [1.29, 1.82) is 0 Å². The molecular formula is C8H3ClN2S2. The molecule has 0 aliphatic carbocycles. The van der Waals surface area contributed by atoms with Crippen molar-refractivity contribution in [3.63, 3.8) is 0 Å². The van der Waals surface area contributed by atoms with Crippen molar-refractivity contribution in [3.8, 4) is 0 Å². The summed E-state index contributed by atoms with van der Waals surface area (Å²) in [5, 5.41) is 4.94. The maximum Gasteiger partial charge on any atom is 0.0927 e. The zero-order valence-corrected chi connectivity index (χ0v) is 8.71. The van der Waals surface area contributed by atoms with E-state index in [1.807, 2.05) is 0 Å². The third-order valence-electron chi connectivity index (χ3n) is 1.27. The van der Waals surface area contributed by atoms with Gasteiger partial charge in [-0.3, -0.25) is 0 Å². The van der Waals surface area contributed by atoms with Crippen LogP contribution < -0.4 is 0 Å². The van der Waals surface area contributed by atoms with Crippen molar-refractivity contribution in [2.45, 2.75) is 0 Å². The highest BCUT2D eigenvalue weighted by molar-refractivity contribution is 7.78. The minimum atomic E-state index is 0.462. The van der Waals surface area contributed by atoms with Crippen LogP contribution in [0.3, 0.4) is 0 Å². The molecule has 5 heteroatoms. The zero-order chi connectivity index (χ0) is 9.68. The summed E-state index contributed by atoms with van der Waals surface area (Å²) in [5.74, 6) is 0. The first-order valence-electron chi connectivity index (χ1n) is 3.23. The van der Waals surface area contributed by atoms with Gasteiger partial charge >= 0.3 is 0 Å². The lowest BCUT2D eigenvalue weighted by molar-refractivity contribution is 1.50. The van der Waals surface area contributed by atoms with E-state index in [1.54, 1.807) is 18.2 Å². The van der Waals surface area contributed by atoms with Crippen molar-refractivity contribution >= 4 is 57.7 Å². The number of hydrogen-bond donors (Lipinski definition) is 0. The summed E-state index contributed by atoms with van der Waals surface area (Å²) in [6.07, 6.45) is 0. The first kappa shape index (κ1) is 10.2. The van der Waals surface area contributed by atoms with Crippen molar-refractivity contribution in [3.05, 3.63) is 23.2 Å². The van der Waals surface area contributed by atoms with Crippen molar-refractivity contribution < 1.29 is 0 Å². The monoisotopic (exact) mass is 226 g/mol. The van der Waals surface area contributed by atoms with Gasteiger partial charge < -0.3 is 0 Å². The molecule has 13 heavy (non-hydrogen) atoms. The topological polar surface area (TPSA) is 24.7 Å². The Labute approximate surface area is 91.0 Å². The van der Waals surface area contributed by atoms with E-state index >= 15 is 0 Å². The molecule has 0 atom stereocenters. The Kier molecular flexibility index (Phi) is 3.90. The van der Waals surface area contributed by atoms with Crippen LogP contribution in [0, 0.1) is 0 Å². The Morgan fingerprint density at radius 2 is 1.85 bits per heavy atom. The molecule has 2 nitrogen and oxygen atoms in total. The highest BCUT2D eigenvalue weighted by atomic mass is 35.5. The molecule has 1 aromatic rings. The third kappa shape index (κ3) is 2.81. The Hall–Kier alpha value is -0.890. The summed E-state index contributed by atoms with van der Waals surface area (Å²) in [7, 11) is 0. The van der Waals surface area contributed by atoms with E-state index in [0.717, 1.165) is 0 Å². The number of thiocarbonyl (C=S) groups is 2. The van der Waals surface area contributed by atoms with E-state index in [1.165, 1.54) is 0 Å². The molecule has 1 rings (SSSR count). The summed E-state index contributed by atoms with van der Waals surface area (Å²) in [4.78, 5) is 7.51. The fourth-order valence-electron chi connectivity index (χ4n) is 0.758. The van der Waals surface area contributed by atoms with Gasteiger partial charge in [0, 0.05) is 0 Å². The molecule has 1 aromatic carbocycles. The van der Waals surface area contributed by atoms with Gasteiger partial charge in [-0.1, -0.05) is 11.6 Å². The van der Waals surface area contributed by atoms with Crippen LogP contribution in [-0.2, 0) is 0 Å². The number of aliphatic imine (C=N–C) groups is 2.